The monoisotopic (exact) mass is 391 g/mol. The van der Waals surface area contributed by atoms with Crippen LogP contribution in [-0.2, 0) is 10.0 Å². The molecule has 0 aliphatic carbocycles. The predicted molar refractivity (Wildman–Crippen MR) is 98.4 cm³/mol. The van der Waals surface area contributed by atoms with E-state index in [4.69, 9.17) is 16.9 Å². The van der Waals surface area contributed by atoms with Gasteiger partial charge < -0.3 is 4.90 Å². The highest BCUT2D eigenvalue weighted by Crippen LogP contribution is 2.24. The second-order valence-corrected chi connectivity index (χ2v) is 8.46. The fourth-order valence-electron chi connectivity index (χ4n) is 2.97. The fraction of sp³-hybridized carbons (Fsp3) is 0.353. The van der Waals surface area contributed by atoms with Gasteiger partial charge in [0.2, 0.25) is 16.0 Å². The molecule has 0 atom stereocenters. The number of aromatic nitrogens is 2. The summed E-state index contributed by atoms with van der Waals surface area (Å²) in [5, 5.41) is 9.32. The van der Waals surface area contributed by atoms with Gasteiger partial charge in [-0.25, -0.2) is 18.4 Å². The highest BCUT2D eigenvalue weighted by molar-refractivity contribution is 7.89. The topological polar surface area (TPSA) is 90.2 Å². The third kappa shape index (κ3) is 3.80. The zero-order valence-corrected chi connectivity index (χ0v) is 15.8. The number of nitrogens with zero attached hydrogens (tertiary/aromatic N) is 5. The number of anilines is 1. The van der Waals surface area contributed by atoms with E-state index in [1.54, 1.807) is 12.4 Å². The maximum Gasteiger partial charge on any atom is 0.243 e. The summed E-state index contributed by atoms with van der Waals surface area (Å²) < 4.78 is 27.0. The van der Waals surface area contributed by atoms with Crippen LogP contribution in [0.5, 0.6) is 0 Å². The van der Waals surface area contributed by atoms with Gasteiger partial charge in [0, 0.05) is 26.2 Å². The Balaban J connectivity index is 1.67. The lowest BCUT2D eigenvalue weighted by molar-refractivity contribution is 0.313. The van der Waals surface area contributed by atoms with Crippen LogP contribution in [0.15, 0.2) is 41.6 Å². The molecule has 1 fully saturated rings. The van der Waals surface area contributed by atoms with Crippen molar-refractivity contribution in [2.24, 2.45) is 0 Å². The van der Waals surface area contributed by atoms with Crippen molar-refractivity contribution >= 4 is 27.6 Å². The number of sulfonamides is 1. The van der Waals surface area contributed by atoms with Crippen LogP contribution in [0.3, 0.4) is 0 Å². The molecule has 136 valence electrons. The van der Waals surface area contributed by atoms with E-state index in [1.165, 1.54) is 28.6 Å². The van der Waals surface area contributed by atoms with Gasteiger partial charge in [-0.15, -0.1) is 0 Å². The van der Waals surface area contributed by atoms with Crippen LogP contribution < -0.4 is 4.90 Å². The van der Waals surface area contributed by atoms with E-state index < -0.39 is 10.0 Å². The molecule has 9 heteroatoms. The highest BCUT2D eigenvalue weighted by atomic mass is 35.5. The maximum atomic E-state index is 12.8. The van der Waals surface area contributed by atoms with E-state index in [1.807, 2.05) is 18.0 Å². The molecule has 3 rings (SSSR count). The second kappa shape index (κ2) is 7.58. The van der Waals surface area contributed by atoms with Crippen LogP contribution in [0.25, 0.3) is 0 Å². The molecule has 0 amide bonds. The van der Waals surface area contributed by atoms with E-state index in [0.29, 0.717) is 42.5 Å². The van der Waals surface area contributed by atoms with Crippen LogP contribution in [0, 0.1) is 11.3 Å². The van der Waals surface area contributed by atoms with Gasteiger partial charge >= 0.3 is 0 Å². The Morgan fingerprint density at radius 1 is 1.19 bits per heavy atom. The Labute approximate surface area is 157 Å². The molecule has 0 unspecified atom stereocenters. The number of piperidine rings is 1. The molecule has 1 aliphatic heterocycles. The third-order valence-corrected chi connectivity index (χ3v) is 6.62. The van der Waals surface area contributed by atoms with E-state index in [2.05, 4.69) is 9.97 Å². The molecule has 0 N–H and O–H groups in total. The van der Waals surface area contributed by atoms with Crippen molar-refractivity contribution in [3.63, 3.8) is 0 Å². The summed E-state index contributed by atoms with van der Waals surface area (Å²) >= 11 is 5.81. The first-order valence-electron chi connectivity index (χ1n) is 8.12. The summed E-state index contributed by atoms with van der Waals surface area (Å²) in [7, 11) is -1.65. The predicted octanol–water partition coefficient (Wildman–Crippen LogP) is 2.29. The van der Waals surface area contributed by atoms with Crippen molar-refractivity contribution in [2.75, 3.05) is 25.0 Å². The Morgan fingerprint density at radius 3 is 2.31 bits per heavy atom. The van der Waals surface area contributed by atoms with Gasteiger partial charge in [-0.1, -0.05) is 11.6 Å². The first-order chi connectivity index (χ1) is 12.4. The molecule has 1 saturated heterocycles. The van der Waals surface area contributed by atoms with Gasteiger partial charge in [0.15, 0.2) is 0 Å². The van der Waals surface area contributed by atoms with Crippen molar-refractivity contribution in [3.05, 3.63) is 47.2 Å². The smallest absolute Gasteiger partial charge is 0.243 e. The number of halogens is 1. The molecule has 1 aromatic carbocycles. The molecule has 0 radical (unpaired) electrons. The fourth-order valence-corrected chi connectivity index (χ4v) is 4.54. The van der Waals surface area contributed by atoms with Crippen molar-refractivity contribution in [1.82, 2.24) is 14.3 Å². The Morgan fingerprint density at radius 2 is 1.77 bits per heavy atom. The van der Waals surface area contributed by atoms with Gasteiger partial charge in [0.1, 0.15) is 0 Å². The van der Waals surface area contributed by atoms with Gasteiger partial charge in [-0.05, 0) is 37.1 Å². The van der Waals surface area contributed by atoms with Crippen molar-refractivity contribution in [2.45, 2.75) is 23.8 Å². The molecule has 26 heavy (non-hydrogen) atoms. The van der Waals surface area contributed by atoms with Crippen LogP contribution in [0.4, 0.5) is 5.95 Å². The molecule has 2 heterocycles. The van der Waals surface area contributed by atoms with Crippen LogP contribution in [0.1, 0.15) is 18.4 Å². The minimum absolute atomic E-state index is 0.156. The van der Waals surface area contributed by atoms with Gasteiger partial charge in [0.25, 0.3) is 0 Å². The summed E-state index contributed by atoms with van der Waals surface area (Å²) in [6, 6.07) is 8.14. The van der Waals surface area contributed by atoms with Crippen LogP contribution in [0.2, 0.25) is 5.02 Å². The lowest BCUT2D eigenvalue weighted by Gasteiger charge is -2.36. The van der Waals surface area contributed by atoms with Gasteiger partial charge in [-0.3, -0.25) is 0 Å². The molecular formula is C17H18ClN5O2S. The number of nitriles is 1. The van der Waals surface area contributed by atoms with Crippen molar-refractivity contribution < 1.29 is 8.42 Å². The summed E-state index contributed by atoms with van der Waals surface area (Å²) in [6.07, 6.45) is 4.45. The zero-order valence-electron chi connectivity index (χ0n) is 14.2. The first-order valence-corrected chi connectivity index (χ1v) is 9.94. The number of benzene rings is 1. The zero-order chi connectivity index (χ0) is 18.7. The second-order valence-electron chi connectivity index (χ2n) is 6.08. The highest BCUT2D eigenvalue weighted by Gasteiger charge is 2.31. The lowest BCUT2D eigenvalue weighted by atomic mass is 10.1. The molecule has 0 bridgehead atoms. The third-order valence-electron chi connectivity index (χ3n) is 4.51. The standard InChI is InChI=1S/C17H18ClN5O2S/c1-22(17-20-11-14(18)12-21-17)15-6-8-23(9-7-15)26(24,25)16-4-2-13(10-19)3-5-16/h2-5,11-12,15H,6-9H2,1H3. The lowest BCUT2D eigenvalue weighted by Crippen LogP contribution is -2.46. The Bertz CT molecular complexity index is 902. The molecule has 2 aromatic rings. The summed E-state index contributed by atoms with van der Waals surface area (Å²) in [6.45, 7) is 0.843. The molecule has 0 spiro atoms. The van der Waals surface area contributed by atoms with Crippen LogP contribution >= 0.6 is 11.6 Å². The van der Waals surface area contributed by atoms with E-state index >= 15 is 0 Å². The molecule has 1 aromatic heterocycles. The number of hydrogen-bond acceptors (Lipinski definition) is 6. The summed E-state index contributed by atoms with van der Waals surface area (Å²) in [5.41, 5.74) is 0.437. The Kier molecular flexibility index (Phi) is 5.41. The normalized spacial score (nSPS) is 16.2. The van der Waals surface area contributed by atoms with Gasteiger partial charge in [0.05, 0.1) is 33.9 Å². The Hall–Kier alpha value is -2.21. The van der Waals surface area contributed by atoms with Crippen molar-refractivity contribution in [1.29, 1.82) is 5.26 Å². The average molecular weight is 392 g/mol. The van der Waals surface area contributed by atoms with E-state index in [9.17, 15) is 8.42 Å². The van der Waals surface area contributed by atoms with E-state index in [-0.39, 0.29) is 10.9 Å². The summed E-state index contributed by atoms with van der Waals surface area (Å²) in [4.78, 5) is 10.6. The van der Waals surface area contributed by atoms with Gasteiger partial charge in [-0.2, -0.15) is 9.57 Å². The molecule has 0 saturated carbocycles. The molecule has 7 nitrogen and oxygen atoms in total. The minimum atomic E-state index is -3.55. The molecule has 1 aliphatic rings. The SMILES string of the molecule is CN(c1ncc(Cl)cn1)C1CCN(S(=O)(=O)c2ccc(C#N)cc2)CC1. The molecular weight excluding hydrogens is 374 g/mol. The largest absolute Gasteiger partial charge is 0.341 e. The van der Waals surface area contributed by atoms with E-state index in [0.717, 1.165) is 0 Å². The summed E-state index contributed by atoms with van der Waals surface area (Å²) in [5.74, 6) is 0.572. The average Bonchev–Trinajstić information content (AvgIpc) is 2.68. The maximum absolute atomic E-state index is 12.8. The van der Waals surface area contributed by atoms with Crippen molar-refractivity contribution in [3.8, 4) is 6.07 Å². The first kappa shape index (κ1) is 18.6. The quantitative estimate of drug-likeness (QED) is 0.794. The number of hydrogen-bond donors (Lipinski definition) is 0. The van der Waals surface area contributed by atoms with Crippen LogP contribution in [-0.4, -0.2) is 48.9 Å². The number of rotatable bonds is 4. The minimum Gasteiger partial charge on any atom is -0.341 e.